The molecule has 2 aliphatic heterocycles. The van der Waals surface area contributed by atoms with E-state index in [-0.39, 0.29) is 34.3 Å². The van der Waals surface area contributed by atoms with Gasteiger partial charge in [-0.1, -0.05) is 6.07 Å². The summed E-state index contributed by atoms with van der Waals surface area (Å²) in [5.74, 6) is -0.629. The first kappa shape index (κ1) is 16.2. The molecule has 4 rings (SSSR count). The van der Waals surface area contributed by atoms with Crippen LogP contribution >= 0.6 is 0 Å². The summed E-state index contributed by atoms with van der Waals surface area (Å²) in [6.45, 7) is 2.00. The minimum absolute atomic E-state index is 0.0309. The first-order valence-electron chi connectivity index (χ1n) is 9.09. The average molecular weight is 344 g/mol. The summed E-state index contributed by atoms with van der Waals surface area (Å²) in [4.78, 5) is 28.9. The lowest BCUT2D eigenvalue weighted by Gasteiger charge is -2.48. The number of hydrogen-bond donors (Lipinski definition) is 2. The average Bonchev–Trinajstić information content (AvgIpc) is 3.44. The molecule has 1 aromatic rings. The van der Waals surface area contributed by atoms with E-state index in [1.807, 2.05) is 4.90 Å². The van der Waals surface area contributed by atoms with Crippen molar-refractivity contribution in [2.45, 2.75) is 44.6 Å². The molecule has 6 nitrogen and oxygen atoms in total. The molecule has 6 heteroatoms. The number of hydrogen-bond acceptors (Lipinski definition) is 4. The molecular weight excluding hydrogens is 320 g/mol. The van der Waals surface area contributed by atoms with Gasteiger partial charge in [0.25, 0.3) is 5.91 Å². The minimum atomic E-state index is -0.356. The van der Waals surface area contributed by atoms with Crippen molar-refractivity contribution in [1.82, 2.24) is 9.80 Å². The number of amides is 2. The van der Waals surface area contributed by atoms with Crippen LogP contribution in [-0.2, 0) is 4.79 Å². The lowest BCUT2D eigenvalue weighted by atomic mass is 9.73. The summed E-state index contributed by atoms with van der Waals surface area (Å²) in [7, 11) is 0. The molecule has 1 aliphatic carbocycles. The second-order valence-corrected chi connectivity index (χ2v) is 7.76. The number of nitrogens with zero attached hydrogens (tertiary/aromatic N) is 2. The van der Waals surface area contributed by atoms with E-state index in [0.29, 0.717) is 25.6 Å². The van der Waals surface area contributed by atoms with Gasteiger partial charge >= 0.3 is 0 Å². The van der Waals surface area contributed by atoms with Crippen LogP contribution in [-0.4, -0.2) is 57.5 Å². The molecule has 0 aromatic heterocycles. The summed E-state index contributed by atoms with van der Waals surface area (Å²) < 4.78 is 0. The van der Waals surface area contributed by atoms with Crippen LogP contribution in [0.1, 0.15) is 48.9 Å². The molecule has 25 heavy (non-hydrogen) atoms. The van der Waals surface area contributed by atoms with Gasteiger partial charge in [0.2, 0.25) is 5.91 Å². The quantitative estimate of drug-likeness (QED) is 0.805. The molecule has 1 unspecified atom stereocenters. The molecule has 1 atom stereocenters. The van der Waals surface area contributed by atoms with Crippen LogP contribution in [0, 0.1) is 5.41 Å². The van der Waals surface area contributed by atoms with Gasteiger partial charge in [0.1, 0.15) is 0 Å². The van der Waals surface area contributed by atoms with E-state index in [9.17, 15) is 19.8 Å². The van der Waals surface area contributed by atoms with Crippen LogP contribution in [0.15, 0.2) is 18.2 Å². The molecule has 0 radical (unpaired) electrons. The van der Waals surface area contributed by atoms with E-state index in [1.54, 1.807) is 17.0 Å². The zero-order valence-electron chi connectivity index (χ0n) is 14.3. The maximum Gasteiger partial charge on any atom is 0.257 e. The highest BCUT2D eigenvalue weighted by atomic mass is 16.3. The number of likely N-dealkylation sites (tertiary alicyclic amines) is 2. The first-order chi connectivity index (χ1) is 12.0. The van der Waals surface area contributed by atoms with Crippen LogP contribution in [0.5, 0.6) is 11.5 Å². The van der Waals surface area contributed by atoms with Crippen LogP contribution in [0.4, 0.5) is 0 Å². The predicted octanol–water partition coefficient (Wildman–Crippen LogP) is 2.10. The zero-order valence-corrected chi connectivity index (χ0v) is 14.3. The summed E-state index contributed by atoms with van der Waals surface area (Å²) in [6, 6.07) is 4.88. The van der Waals surface area contributed by atoms with E-state index < -0.39 is 0 Å². The molecule has 1 saturated carbocycles. The van der Waals surface area contributed by atoms with Gasteiger partial charge < -0.3 is 20.0 Å². The number of phenolic OH excluding ortho intramolecular Hbond substituents is 2. The van der Waals surface area contributed by atoms with Crippen molar-refractivity contribution in [3.63, 3.8) is 0 Å². The molecule has 2 heterocycles. The molecule has 1 spiro atoms. The van der Waals surface area contributed by atoms with Crippen LogP contribution in [0.3, 0.4) is 0 Å². The summed E-state index contributed by atoms with van der Waals surface area (Å²) in [5.41, 5.74) is 0.111. The predicted molar refractivity (Wildman–Crippen MR) is 91.3 cm³/mol. The lowest BCUT2D eigenvalue weighted by molar-refractivity contribution is -0.139. The van der Waals surface area contributed by atoms with Gasteiger partial charge in [-0.15, -0.1) is 0 Å². The Labute approximate surface area is 147 Å². The number of aromatic hydroxyl groups is 2. The Morgan fingerprint density at radius 2 is 1.96 bits per heavy atom. The van der Waals surface area contributed by atoms with Gasteiger partial charge in [-0.3, -0.25) is 9.59 Å². The normalized spacial score (nSPS) is 27.0. The smallest absolute Gasteiger partial charge is 0.257 e. The van der Waals surface area contributed by atoms with Gasteiger partial charge in [-0.2, -0.15) is 0 Å². The summed E-state index contributed by atoms with van der Waals surface area (Å²) in [6.07, 6.45) is 5.52. The fraction of sp³-hybridized carbons (Fsp3) is 0.579. The third-order valence-corrected chi connectivity index (χ3v) is 5.88. The van der Waals surface area contributed by atoms with Crippen molar-refractivity contribution in [3.8, 4) is 11.5 Å². The Morgan fingerprint density at radius 3 is 2.72 bits per heavy atom. The fourth-order valence-corrected chi connectivity index (χ4v) is 4.35. The molecule has 2 saturated heterocycles. The van der Waals surface area contributed by atoms with Crippen molar-refractivity contribution in [2.24, 2.45) is 5.41 Å². The van der Waals surface area contributed by atoms with E-state index in [0.717, 1.165) is 38.6 Å². The number of phenols is 2. The number of benzene rings is 1. The minimum Gasteiger partial charge on any atom is -0.504 e. The number of para-hydroxylation sites is 1. The SMILES string of the molecule is O=C(c1cccc(O)c1O)N1CCCC2(CCC(=O)N(C3CC3)C2)C1. The van der Waals surface area contributed by atoms with Crippen LogP contribution in [0.2, 0.25) is 0 Å². The highest BCUT2D eigenvalue weighted by Crippen LogP contribution is 2.43. The van der Waals surface area contributed by atoms with Gasteiger partial charge in [-0.05, 0) is 44.2 Å². The van der Waals surface area contributed by atoms with Crippen LogP contribution < -0.4 is 0 Å². The highest BCUT2D eigenvalue weighted by molar-refractivity contribution is 5.97. The number of rotatable bonds is 2. The second-order valence-electron chi connectivity index (χ2n) is 7.76. The maximum absolute atomic E-state index is 12.9. The molecule has 134 valence electrons. The molecule has 3 aliphatic rings. The molecule has 1 aromatic carbocycles. The van der Waals surface area contributed by atoms with Gasteiger partial charge in [0.15, 0.2) is 11.5 Å². The van der Waals surface area contributed by atoms with Crippen molar-refractivity contribution < 1.29 is 19.8 Å². The van der Waals surface area contributed by atoms with Crippen molar-refractivity contribution in [1.29, 1.82) is 0 Å². The lowest BCUT2D eigenvalue weighted by Crippen LogP contribution is -2.55. The van der Waals surface area contributed by atoms with Crippen molar-refractivity contribution >= 4 is 11.8 Å². The van der Waals surface area contributed by atoms with E-state index in [1.165, 1.54) is 6.07 Å². The van der Waals surface area contributed by atoms with Gasteiger partial charge in [-0.25, -0.2) is 0 Å². The topological polar surface area (TPSA) is 81.1 Å². The summed E-state index contributed by atoms with van der Waals surface area (Å²) >= 11 is 0. The first-order valence-corrected chi connectivity index (χ1v) is 9.09. The Morgan fingerprint density at radius 1 is 1.16 bits per heavy atom. The Kier molecular flexibility index (Phi) is 3.85. The van der Waals surface area contributed by atoms with E-state index in [2.05, 4.69) is 0 Å². The molecular formula is C19H24N2O4. The van der Waals surface area contributed by atoms with Crippen molar-refractivity contribution in [2.75, 3.05) is 19.6 Å². The van der Waals surface area contributed by atoms with Gasteiger partial charge in [0.05, 0.1) is 5.56 Å². The number of carbonyl (C=O) groups excluding carboxylic acids is 2. The molecule has 3 fully saturated rings. The Hall–Kier alpha value is -2.24. The second kappa shape index (κ2) is 5.93. The third-order valence-electron chi connectivity index (χ3n) is 5.88. The summed E-state index contributed by atoms with van der Waals surface area (Å²) in [5, 5.41) is 19.7. The molecule has 2 amide bonds. The third kappa shape index (κ3) is 2.94. The van der Waals surface area contributed by atoms with Crippen LogP contribution in [0.25, 0.3) is 0 Å². The molecule has 2 N–H and O–H groups in total. The van der Waals surface area contributed by atoms with Gasteiger partial charge in [0, 0.05) is 37.5 Å². The van der Waals surface area contributed by atoms with E-state index in [4.69, 9.17) is 0 Å². The Bertz CT molecular complexity index is 715. The number of piperidine rings is 2. The Balaban J connectivity index is 1.53. The highest BCUT2D eigenvalue weighted by Gasteiger charge is 2.46. The standard InChI is InChI=1S/C19H24N2O4/c22-15-4-1-3-14(17(15)24)18(25)20-10-2-8-19(11-20)9-7-16(23)21(12-19)13-5-6-13/h1,3-4,13,22,24H,2,5-12H2. The fourth-order valence-electron chi connectivity index (χ4n) is 4.35. The monoisotopic (exact) mass is 344 g/mol. The van der Waals surface area contributed by atoms with Crippen molar-refractivity contribution in [3.05, 3.63) is 23.8 Å². The molecule has 0 bridgehead atoms. The van der Waals surface area contributed by atoms with E-state index >= 15 is 0 Å². The largest absolute Gasteiger partial charge is 0.504 e. The maximum atomic E-state index is 12.9. The number of carbonyl (C=O) groups is 2. The zero-order chi connectivity index (χ0) is 17.6.